The Balaban J connectivity index is 1.84. The molecule has 0 saturated carbocycles. The molecular formula is C16H24N2O. The Morgan fingerprint density at radius 1 is 1.32 bits per heavy atom. The standard InChI is InChI=1S/C16H24N2O/c1-13(15-5-3-2-4-6-15)11-16(19)18-9-7-14(12-17)8-10-18/h2-6,13-14H,7-12,17H2,1H3. The maximum Gasteiger partial charge on any atom is 0.223 e. The van der Waals surface area contributed by atoms with Crippen molar-refractivity contribution in [1.82, 2.24) is 4.90 Å². The highest BCUT2D eigenvalue weighted by Gasteiger charge is 2.23. The van der Waals surface area contributed by atoms with Crippen LogP contribution < -0.4 is 5.73 Å². The average Bonchev–Trinajstić information content (AvgIpc) is 2.48. The van der Waals surface area contributed by atoms with Crippen molar-refractivity contribution >= 4 is 5.91 Å². The molecule has 3 nitrogen and oxygen atoms in total. The second-order valence-electron chi connectivity index (χ2n) is 5.58. The Hall–Kier alpha value is -1.35. The molecule has 0 spiro atoms. The van der Waals surface area contributed by atoms with E-state index in [0.717, 1.165) is 32.5 Å². The Morgan fingerprint density at radius 3 is 2.53 bits per heavy atom. The number of benzene rings is 1. The van der Waals surface area contributed by atoms with Crippen molar-refractivity contribution in [3.8, 4) is 0 Å². The van der Waals surface area contributed by atoms with Crippen LogP contribution in [0.15, 0.2) is 30.3 Å². The largest absolute Gasteiger partial charge is 0.343 e. The second-order valence-corrected chi connectivity index (χ2v) is 5.58. The van der Waals surface area contributed by atoms with Gasteiger partial charge in [0.2, 0.25) is 5.91 Å². The van der Waals surface area contributed by atoms with Crippen LogP contribution in [0.25, 0.3) is 0 Å². The number of carbonyl (C=O) groups excluding carboxylic acids is 1. The summed E-state index contributed by atoms with van der Waals surface area (Å²) in [6.45, 7) is 4.63. The van der Waals surface area contributed by atoms with Gasteiger partial charge in [0.25, 0.3) is 0 Å². The second kappa shape index (κ2) is 6.71. The van der Waals surface area contributed by atoms with Crippen molar-refractivity contribution < 1.29 is 4.79 Å². The Labute approximate surface area is 115 Å². The molecular weight excluding hydrogens is 236 g/mol. The van der Waals surface area contributed by atoms with Gasteiger partial charge in [0.05, 0.1) is 0 Å². The van der Waals surface area contributed by atoms with E-state index in [4.69, 9.17) is 5.73 Å². The van der Waals surface area contributed by atoms with E-state index >= 15 is 0 Å². The summed E-state index contributed by atoms with van der Waals surface area (Å²) >= 11 is 0. The summed E-state index contributed by atoms with van der Waals surface area (Å²) in [6, 6.07) is 10.3. The van der Waals surface area contributed by atoms with Crippen LogP contribution in [0.3, 0.4) is 0 Å². The fourth-order valence-corrected chi connectivity index (χ4v) is 2.71. The van der Waals surface area contributed by atoms with Gasteiger partial charge in [0, 0.05) is 19.5 Å². The molecule has 1 saturated heterocycles. The van der Waals surface area contributed by atoms with Gasteiger partial charge in [-0.05, 0) is 36.8 Å². The Bertz CT molecular complexity index is 396. The molecule has 1 aromatic rings. The monoisotopic (exact) mass is 260 g/mol. The summed E-state index contributed by atoms with van der Waals surface area (Å²) in [5.41, 5.74) is 6.92. The van der Waals surface area contributed by atoms with Crippen LogP contribution >= 0.6 is 0 Å². The van der Waals surface area contributed by atoms with Crippen LogP contribution in [0, 0.1) is 5.92 Å². The van der Waals surface area contributed by atoms with Gasteiger partial charge >= 0.3 is 0 Å². The number of nitrogens with zero attached hydrogens (tertiary/aromatic N) is 1. The summed E-state index contributed by atoms with van der Waals surface area (Å²) in [5.74, 6) is 1.18. The lowest BCUT2D eigenvalue weighted by atomic mass is 9.94. The van der Waals surface area contributed by atoms with E-state index in [1.807, 2.05) is 23.1 Å². The van der Waals surface area contributed by atoms with Gasteiger partial charge in [-0.2, -0.15) is 0 Å². The number of rotatable bonds is 4. The zero-order valence-corrected chi connectivity index (χ0v) is 11.7. The molecule has 1 aliphatic rings. The summed E-state index contributed by atoms with van der Waals surface area (Å²) in [4.78, 5) is 14.3. The molecule has 1 heterocycles. The van der Waals surface area contributed by atoms with Crippen LogP contribution in [0.5, 0.6) is 0 Å². The summed E-state index contributed by atoms with van der Waals surface area (Å²) < 4.78 is 0. The first kappa shape index (κ1) is 14.1. The van der Waals surface area contributed by atoms with Crippen molar-refractivity contribution in [2.45, 2.75) is 32.1 Å². The number of amides is 1. The number of hydrogen-bond donors (Lipinski definition) is 1. The molecule has 1 fully saturated rings. The first-order valence-electron chi connectivity index (χ1n) is 7.23. The van der Waals surface area contributed by atoms with Gasteiger partial charge in [-0.1, -0.05) is 37.3 Å². The average molecular weight is 260 g/mol. The lowest BCUT2D eigenvalue weighted by Crippen LogP contribution is -2.40. The van der Waals surface area contributed by atoms with Crippen molar-refractivity contribution in [3.63, 3.8) is 0 Å². The fourth-order valence-electron chi connectivity index (χ4n) is 2.71. The quantitative estimate of drug-likeness (QED) is 0.903. The molecule has 0 aliphatic carbocycles. The minimum absolute atomic E-state index is 0.284. The highest BCUT2D eigenvalue weighted by molar-refractivity contribution is 5.77. The lowest BCUT2D eigenvalue weighted by Gasteiger charge is -2.32. The lowest BCUT2D eigenvalue weighted by molar-refractivity contribution is -0.132. The van der Waals surface area contributed by atoms with E-state index in [1.165, 1.54) is 5.56 Å². The van der Waals surface area contributed by atoms with Crippen LogP contribution in [-0.4, -0.2) is 30.4 Å². The molecule has 1 amide bonds. The topological polar surface area (TPSA) is 46.3 Å². The van der Waals surface area contributed by atoms with Crippen LogP contribution in [0.4, 0.5) is 0 Å². The molecule has 0 bridgehead atoms. The van der Waals surface area contributed by atoms with Crippen molar-refractivity contribution in [2.75, 3.05) is 19.6 Å². The van der Waals surface area contributed by atoms with Gasteiger partial charge in [-0.3, -0.25) is 4.79 Å². The third-order valence-corrected chi connectivity index (χ3v) is 4.15. The first-order chi connectivity index (χ1) is 9.20. The van der Waals surface area contributed by atoms with Gasteiger partial charge in [-0.15, -0.1) is 0 Å². The molecule has 104 valence electrons. The normalized spacial score (nSPS) is 18.3. The molecule has 2 rings (SSSR count). The third kappa shape index (κ3) is 3.80. The molecule has 19 heavy (non-hydrogen) atoms. The van der Waals surface area contributed by atoms with Gasteiger partial charge in [0.15, 0.2) is 0 Å². The van der Waals surface area contributed by atoms with Crippen LogP contribution in [-0.2, 0) is 4.79 Å². The van der Waals surface area contributed by atoms with Crippen molar-refractivity contribution in [2.24, 2.45) is 11.7 Å². The summed E-state index contributed by atoms with van der Waals surface area (Å²) in [6.07, 6.45) is 2.72. The van der Waals surface area contributed by atoms with E-state index in [1.54, 1.807) is 0 Å². The van der Waals surface area contributed by atoms with Crippen molar-refractivity contribution in [1.29, 1.82) is 0 Å². The molecule has 1 aromatic carbocycles. The van der Waals surface area contributed by atoms with E-state index in [0.29, 0.717) is 18.3 Å². The smallest absolute Gasteiger partial charge is 0.223 e. The molecule has 0 aromatic heterocycles. The highest BCUT2D eigenvalue weighted by atomic mass is 16.2. The van der Waals surface area contributed by atoms with Crippen LogP contribution in [0.2, 0.25) is 0 Å². The molecule has 1 aliphatic heterocycles. The van der Waals surface area contributed by atoms with E-state index in [9.17, 15) is 4.79 Å². The van der Waals surface area contributed by atoms with Gasteiger partial charge < -0.3 is 10.6 Å². The Kier molecular flexibility index (Phi) is 4.97. The van der Waals surface area contributed by atoms with Gasteiger partial charge in [-0.25, -0.2) is 0 Å². The predicted molar refractivity (Wildman–Crippen MR) is 77.8 cm³/mol. The van der Waals surface area contributed by atoms with E-state index in [-0.39, 0.29) is 5.91 Å². The predicted octanol–water partition coefficient (Wildman–Crippen LogP) is 2.38. The highest BCUT2D eigenvalue weighted by Crippen LogP contribution is 2.22. The number of piperidine rings is 1. The third-order valence-electron chi connectivity index (χ3n) is 4.15. The molecule has 0 radical (unpaired) electrons. The number of likely N-dealkylation sites (tertiary alicyclic amines) is 1. The van der Waals surface area contributed by atoms with E-state index in [2.05, 4.69) is 19.1 Å². The SMILES string of the molecule is CC(CC(=O)N1CCC(CN)CC1)c1ccccc1. The first-order valence-corrected chi connectivity index (χ1v) is 7.23. The minimum Gasteiger partial charge on any atom is -0.343 e. The van der Waals surface area contributed by atoms with Crippen LogP contribution in [0.1, 0.15) is 37.7 Å². The number of nitrogens with two attached hydrogens (primary N) is 1. The van der Waals surface area contributed by atoms with E-state index < -0.39 is 0 Å². The maximum absolute atomic E-state index is 12.3. The van der Waals surface area contributed by atoms with Crippen molar-refractivity contribution in [3.05, 3.63) is 35.9 Å². The summed E-state index contributed by atoms with van der Waals surface area (Å²) in [7, 11) is 0. The minimum atomic E-state index is 0.284. The molecule has 3 heteroatoms. The number of carbonyl (C=O) groups is 1. The summed E-state index contributed by atoms with van der Waals surface area (Å²) in [5, 5.41) is 0. The fraction of sp³-hybridized carbons (Fsp3) is 0.562. The molecule has 2 N–H and O–H groups in total. The zero-order valence-electron chi connectivity index (χ0n) is 11.7. The number of hydrogen-bond acceptors (Lipinski definition) is 2. The molecule has 1 atom stereocenters. The Morgan fingerprint density at radius 2 is 1.95 bits per heavy atom. The molecule has 1 unspecified atom stereocenters. The maximum atomic E-state index is 12.3. The zero-order chi connectivity index (χ0) is 13.7. The van der Waals surface area contributed by atoms with Gasteiger partial charge in [0.1, 0.15) is 0 Å².